The molecule has 2 aromatic heterocycles. The number of fused-ring (bicyclic) bond motifs is 1. The number of halogens is 2. The number of hydrogen-bond donors (Lipinski definition) is 0. The Morgan fingerprint density at radius 1 is 1.36 bits per heavy atom. The van der Waals surface area contributed by atoms with Crippen molar-refractivity contribution < 1.29 is 13.5 Å². The molecule has 0 radical (unpaired) electrons. The van der Waals surface area contributed by atoms with Crippen LogP contribution < -0.4 is 4.74 Å². The third kappa shape index (κ3) is 2.99. The highest BCUT2D eigenvalue weighted by Gasteiger charge is 2.44. The van der Waals surface area contributed by atoms with Gasteiger partial charge in [0, 0.05) is 24.1 Å². The summed E-state index contributed by atoms with van der Waals surface area (Å²) in [5, 5.41) is 6.41. The van der Waals surface area contributed by atoms with E-state index >= 15 is 0 Å². The second kappa shape index (κ2) is 6.62. The molecule has 1 aliphatic heterocycles. The Morgan fingerprint density at radius 3 is 2.96 bits per heavy atom. The molecular weight excluding hydrogens is 382 g/mol. The quantitative estimate of drug-likeness (QED) is 0.628. The zero-order valence-corrected chi connectivity index (χ0v) is 16.3. The van der Waals surface area contributed by atoms with Crippen LogP contribution in [0.3, 0.4) is 0 Å². The fourth-order valence-corrected chi connectivity index (χ4v) is 4.69. The van der Waals surface area contributed by atoms with Gasteiger partial charge in [-0.25, -0.2) is 23.4 Å². The van der Waals surface area contributed by atoms with Gasteiger partial charge in [-0.3, -0.25) is 0 Å². The Labute approximate surface area is 165 Å². The fraction of sp³-hybridized carbons (Fsp3) is 0.450. The van der Waals surface area contributed by atoms with E-state index in [-0.39, 0.29) is 19.1 Å². The van der Waals surface area contributed by atoms with Crippen LogP contribution in [0.1, 0.15) is 42.3 Å². The van der Waals surface area contributed by atoms with Crippen molar-refractivity contribution in [3.63, 3.8) is 0 Å². The predicted octanol–water partition coefficient (Wildman–Crippen LogP) is 4.82. The zero-order valence-electron chi connectivity index (χ0n) is 15.4. The highest BCUT2D eigenvalue weighted by molar-refractivity contribution is 7.07. The number of aromatic nitrogens is 4. The molecule has 0 spiro atoms. The van der Waals surface area contributed by atoms with Crippen LogP contribution in [0.2, 0.25) is 0 Å². The molecule has 146 valence electrons. The summed E-state index contributed by atoms with van der Waals surface area (Å²) >= 11 is 1.45. The van der Waals surface area contributed by atoms with E-state index in [1.165, 1.54) is 11.3 Å². The second-order valence-corrected chi connectivity index (χ2v) is 8.29. The van der Waals surface area contributed by atoms with Crippen LogP contribution in [0.25, 0.3) is 11.5 Å². The van der Waals surface area contributed by atoms with E-state index in [1.807, 2.05) is 30.5 Å². The number of para-hydroxylation sites is 1. The van der Waals surface area contributed by atoms with Gasteiger partial charge in [-0.05, 0) is 30.9 Å². The summed E-state index contributed by atoms with van der Waals surface area (Å²) in [5.74, 6) is -1.44. The molecule has 1 aromatic carbocycles. The van der Waals surface area contributed by atoms with E-state index in [9.17, 15) is 8.78 Å². The smallest absolute Gasteiger partial charge is 0.252 e. The molecule has 2 atom stereocenters. The van der Waals surface area contributed by atoms with Gasteiger partial charge in [0.15, 0.2) is 11.9 Å². The molecule has 3 aromatic rings. The second-order valence-electron chi connectivity index (χ2n) is 7.57. The van der Waals surface area contributed by atoms with E-state index in [2.05, 4.69) is 15.1 Å². The third-order valence-electron chi connectivity index (χ3n) is 5.66. The lowest BCUT2D eigenvalue weighted by Gasteiger charge is -2.20. The molecule has 28 heavy (non-hydrogen) atoms. The van der Waals surface area contributed by atoms with Crippen molar-refractivity contribution in [3.8, 4) is 17.3 Å². The molecule has 0 amide bonds. The minimum Gasteiger partial charge on any atom is -0.482 e. The molecule has 2 unspecified atom stereocenters. The van der Waals surface area contributed by atoms with E-state index in [4.69, 9.17) is 4.74 Å². The normalized spacial score (nSPS) is 23.0. The number of benzene rings is 1. The van der Waals surface area contributed by atoms with Crippen LogP contribution in [-0.4, -0.2) is 25.7 Å². The molecule has 8 heteroatoms. The SMILES string of the molecule is Cc1cccc2c1OC(c1nc(-c3cscn3)nn1CC1CCCC1(F)F)C2. The predicted molar refractivity (Wildman–Crippen MR) is 102 cm³/mol. The van der Waals surface area contributed by atoms with E-state index in [0.717, 1.165) is 16.9 Å². The zero-order chi connectivity index (χ0) is 19.3. The lowest BCUT2D eigenvalue weighted by atomic mass is 10.0. The Hall–Kier alpha value is -2.35. The Balaban J connectivity index is 1.50. The number of thiazole rings is 1. The Bertz CT molecular complexity index is 1000. The summed E-state index contributed by atoms with van der Waals surface area (Å²) < 4.78 is 36.3. The van der Waals surface area contributed by atoms with Gasteiger partial charge in [0.05, 0.1) is 12.1 Å². The topological polar surface area (TPSA) is 52.8 Å². The highest BCUT2D eigenvalue weighted by Crippen LogP contribution is 2.43. The maximum Gasteiger partial charge on any atom is 0.252 e. The molecule has 0 saturated heterocycles. The molecule has 3 heterocycles. The first kappa shape index (κ1) is 17.7. The molecule has 1 saturated carbocycles. The summed E-state index contributed by atoms with van der Waals surface area (Å²) in [7, 11) is 0. The summed E-state index contributed by atoms with van der Waals surface area (Å²) in [6, 6.07) is 6.05. The molecule has 5 nitrogen and oxygen atoms in total. The third-order valence-corrected chi connectivity index (χ3v) is 6.25. The average molecular weight is 402 g/mol. The average Bonchev–Trinajstić information content (AvgIpc) is 3.42. The molecule has 0 N–H and O–H groups in total. The van der Waals surface area contributed by atoms with Gasteiger partial charge in [-0.2, -0.15) is 0 Å². The van der Waals surface area contributed by atoms with Crippen LogP contribution in [-0.2, 0) is 13.0 Å². The summed E-state index contributed by atoms with van der Waals surface area (Å²) in [5.41, 5.74) is 4.55. The van der Waals surface area contributed by atoms with E-state index in [0.29, 0.717) is 36.6 Å². The van der Waals surface area contributed by atoms with E-state index in [1.54, 1.807) is 10.2 Å². The number of alkyl halides is 2. The first-order valence-electron chi connectivity index (χ1n) is 9.47. The number of aryl methyl sites for hydroxylation is 1. The van der Waals surface area contributed by atoms with Gasteiger partial charge < -0.3 is 4.74 Å². The van der Waals surface area contributed by atoms with Crippen molar-refractivity contribution in [2.45, 2.75) is 51.2 Å². The summed E-state index contributed by atoms with van der Waals surface area (Å²) in [6.45, 7) is 2.15. The van der Waals surface area contributed by atoms with Crippen molar-refractivity contribution in [2.24, 2.45) is 5.92 Å². The minimum absolute atomic E-state index is 0.0504. The largest absolute Gasteiger partial charge is 0.482 e. The fourth-order valence-electron chi connectivity index (χ4n) is 4.16. The van der Waals surface area contributed by atoms with Crippen molar-refractivity contribution in [3.05, 3.63) is 46.0 Å². The number of nitrogens with zero attached hydrogens (tertiary/aromatic N) is 4. The van der Waals surface area contributed by atoms with Gasteiger partial charge in [0.2, 0.25) is 5.82 Å². The molecule has 1 fully saturated rings. The number of ether oxygens (including phenoxy) is 1. The summed E-state index contributed by atoms with van der Waals surface area (Å²) in [6.07, 6.45) is 1.33. The monoisotopic (exact) mass is 402 g/mol. The Morgan fingerprint density at radius 2 is 2.25 bits per heavy atom. The van der Waals surface area contributed by atoms with Gasteiger partial charge in [0.25, 0.3) is 5.92 Å². The van der Waals surface area contributed by atoms with E-state index < -0.39 is 11.8 Å². The maximum atomic E-state index is 14.2. The van der Waals surface area contributed by atoms with Gasteiger partial charge in [-0.1, -0.05) is 18.2 Å². The first-order chi connectivity index (χ1) is 13.5. The lowest BCUT2D eigenvalue weighted by Crippen LogP contribution is -2.28. The maximum absolute atomic E-state index is 14.2. The van der Waals surface area contributed by atoms with Crippen molar-refractivity contribution in [1.82, 2.24) is 19.7 Å². The van der Waals surface area contributed by atoms with Crippen LogP contribution in [0.5, 0.6) is 5.75 Å². The van der Waals surface area contributed by atoms with Crippen LogP contribution in [0, 0.1) is 12.8 Å². The van der Waals surface area contributed by atoms with Crippen molar-refractivity contribution in [2.75, 3.05) is 0 Å². The van der Waals surface area contributed by atoms with Crippen LogP contribution >= 0.6 is 11.3 Å². The number of hydrogen-bond acceptors (Lipinski definition) is 5. The highest BCUT2D eigenvalue weighted by atomic mass is 32.1. The van der Waals surface area contributed by atoms with Crippen LogP contribution in [0.15, 0.2) is 29.1 Å². The standard InChI is InChI=1S/C20H20F2N4OS/c1-12-4-2-5-13-8-16(27-17(12)13)19-24-18(15-10-28-11-23-15)25-26(19)9-14-6-3-7-20(14,21)22/h2,4-5,10-11,14,16H,3,6-9H2,1H3. The van der Waals surface area contributed by atoms with Gasteiger partial charge in [-0.15, -0.1) is 16.4 Å². The molecule has 2 aliphatic rings. The van der Waals surface area contributed by atoms with Crippen molar-refractivity contribution in [1.29, 1.82) is 0 Å². The lowest BCUT2D eigenvalue weighted by molar-refractivity contribution is -0.0439. The molecular formula is C20H20F2N4OS. The Kier molecular flexibility index (Phi) is 4.19. The first-order valence-corrected chi connectivity index (χ1v) is 10.4. The molecule has 0 bridgehead atoms. The molecule has 5 rings (SSSR count). The summed E-state index contributed by atoms with van der Waals surface area (Å²) in [4.78, 5) is 8.94. The van der Waals surface area contributed by atoms with Gasteiger partial charge >= 0.3 is 0 Å². The van der Waals surface area contributed by atoms with Crippen molar-refractivity contribution >= 4 is 11.3 Å². The molecule has 1 aliphatic carbocycles. The number of rotatable bonds is 4. The van der Waals surface area contributed by atoms with Crippen LogP contribution in [0.4, 0.5) is 8.78 Å². The van der Waals surface area contributed by atoms with Gasteiger partial charge in [0.1, 0.15) is 11.4 Å². The minimum atomic E-state index is -2.65.